The average molecular weight is 722 g/mol. The van der Waals surface area contributed by atoms with Crippen molar-refractivity contribution in [1.82, 2.24) is 4.90 Å². The fourth-order valence-corrected chi connectivity index (χ4v) is 8.81. The van der Waals surface area contributed by atoms with Gasteiger partial charge >= 0.3 is 5.97 Å². The molecule has 13 heteroatoms. The highest BCUT2D eigenvalue weighted by Gasteiger charge is 2.76. The lowest BCUT2D eigenvalue weighted by Crippen LogP contribution is -2.60. The summed E-state index contributed by atoms with van der Waals surface area (Å²) in [4.78, 5) is 64.6. The van der Waals surface area contributed by atoms with Gasteiger partial charge in [-0.2, -0.15) is 0 Å². The third kappa shape index (κ3) is 4.80. The molecule has 2 aromatic rings. The van der Waals surface area contributed by atoms with Crippen molar-refractivity contribution >= 4 is 74.4 Å². The van der Waals surface area contributed by atoms with E-state index in [0.29, 0.717) is 29.3 Å². The number of rotatable bonds is 8. The molecule has 3 fully saturated rings. The van der Waals surface area contributed by atoms with Crippen LogP contribution in [0.25, 0.3) is 0 Å². The number of hydrogen-bond donors (Lipinski definition) is 2. The monoisotopic (exact) mass is 720 g/mol. The Bertz CT molecular complexity index is 1670. The fourth-order valence-electron chi connectivity index (χ4n) is 7.51. The maximum atomic E-state index is 14.3. The minimum atomic E-state index is -2.15. The second-order valence-corrected chi connectivity index (χ2v) is 14.1. The van der Waals surface area contributed by atoms with Crippen LogP contribution in [0.4, 0.5) is 10.1 Å². The van der Waals surface area contributed by atoms with Gasteiger partial charge in [-0.05, 0) is 74.1 Å². The lowest BCUT2D eigenvalue weighted by Gasteiger charge is -2.50. The van der Waals surface area contributed by atoms with Crippen molar-refractivity contribution in [3.05, 3.63) is 70.0 Å². The smallest absolute Gasteiger partial charge is 0.303 e. The van der Waals surface area contributed by atoms with Crippen LogP contribution in [0.5, 0.6) is 5.75 Å². The fraction of sp³-hybridized carbons (Fsp3) is 0.406. The van der Waals surface area contributed by atoms with Crippen LogP contribution in [0.2, 0.25) is 0 Å². The maximum Gasteiger partial charge on any atom is 0.303 e. The summed E-state index contributed by atoms with van der Waals surface area (Å²) in [5, 5.41) is 20.0. The molecule has 1 saturated carbocycles. The van der Waals surface area contributed by atoms with Crippen molar-refractivity contribution in [1.29, 1.82) is 0 Å². The number of halogens is 4. The molecule has 2 heterocycles. The Labute approximate surface area is 276 Å². The van der Waals surface area contributed by atoms with Crippen LogP contribution in [0, 0.1) is 23.6 Å². The number of imide groups is 2. The lowest BCUT2D eigenvalue weighted by molar-refractivity contribution is -0.141. The number of carboxylic acids is 1. The molecule has 0 bridgehead atoms. The zero-order valence-corrected chi connectivity index (χ0v) is 26.8. The molecule has 2 saturated heterocycles. The van der Waals surface area contributed by atoms with Crippen molar-refractivity contribution in [3.8, 4) is 5.75 Å². The molecule has 0 spiro atoms. The number of carbonyl (C=O) groups is 5. The van der Waals surface area contributed by atoms with Gasteiger partial charge in [-0.3, -0.25) is 28.9 Å². The Morgan fingerprint density at radius 2 is 1.69 bits per heavy atom. The highest BCUT2D eigenvalue weighted by Crippen LogP contribution is 2.66. The van der Waals surface area contributed by atoms with Crippen molar-refractivity contribution in [2.24, 2.45) is 17.8 Å². The number of amides is 4. The molecule has 0 radical (unpaired) electrons. The minimum absolute atomic E-state index is 0.00794. The predicted octanol–water partition coefficient (Wildman–Crippen LogP) is 5.50. The molecule has 9 nitrogen and oxygen atoms in total. The van der Waals surface area contributed by atoms with E-state index in [2.05, 4.69) is 15.9 Å². The molecule has 2 N–H and O–H groups in total. The van der Waals surface area contributed by atoms with Gasteiger partial charge in [-0.25, -0.2) is 9.29 Å². The van der Waals surface area contributed by atoms with Crippen LogP contribution in [-0.2, 0) is 24.0 Å². The number of allylic oxidation sites excluding steroid dienone is 2. The molecule has 0 unspecified atom stereocenters. The number of phenolic OH excluding ortho intramolecular Hbond substituents is 1. The summed E-state index contributed by atoms with van der Waals surface area (Å²) in [5.74, 6) is -7.70. The molecular weight excluding hydrogens is 694 g/mol. The maximum absolute atomic E-state index is 14.3. The first-order chi connectivity index (χ1) is 21.3. The minimum Gasteiger partial charge on any atom is -0.508 e. The number of alkyl halides is 2. The summed E-state index contributed by atoms with van der Waals surface area (Å²) in [6, 6.07) is 9.33. The summed E-state index contributed by atoms with van der Waals surface area (Å²) >= 11 is 18.0. The van der Waals surface area contributed by atoms with Gasteiger partial charge < -0.3 is 10.2 Å². The van der Waals surface area contributed by atoms with Crippen LogP contribution in [0.1, 0.15) is 50.0 Å². The van der Waals surface area contributed by atoms with E-state index < -0.39 is 62.9 Å². The molecule has 4 aliphatic rings. The van der Waals surface area contributed by atoms with E-state index in [1.165, 1.54) is 23.1 Å². The largest absolute Gasteiger partial charge is 0.508 e. The van der Waals surface area contributed by atoms with Crippen LogP contribution in [0.3, 0.4) is 0 Å². The number of carbonyl (C=O) groups excluding carboxylic acids is 4. The topological polar surface area (TPSA) is 132 Å². The van der Waals surface area contributed by atoms with Gasteiger partial charge in [-0.1, -0.05) is 34.0 Å². The lowest BCUT2D eigenvalue weighted by atomic mass is 9.56. The number of aromatic hydroxyl groups is 1. The summed E-state index contributed by atoms with van der Waals surface area (Å²) < 4.78 is 14.3. The number of benzene rings is 2. The molecule has 2 aliphatic heterocycles. The number of likely N-dealkylation sites (tertiary alicyclic amines) is 1. The number of carboxylic acid groups (broad SMARTS) is 1. The van der Waals surface area contributed by atoms with E-state index in [1.807, 2.05) is 0 Å². The number of phenols is 1. The van der Waals surface area contributed by atoms with Gasteiger partial charge in [0.1, 0.15) is 11.6 Å². The Morgan fingerprint density at radius 3 is 2.38 bits per heavy atom. The third-order valence-electron chi connectivity index (χ3n) is 9.56. The molecule has 45 heavy (non-hydrogen) atoms. The highest BCUT2D eigenvalue weighted by molar-refractivity contribution is 9.10. The Balaban J connectivity index is 1.43. The van der Waals surface area contributed by atoms with Crippen molar-refractivity contribution in [2.75, 3.05) is 11.4 Å². The van der Waals surface area contributed by atoms with E-state index in [4.69, 9.17) is 28.3 Å². The Morgan fingerprint density at radius 1 is 0.978 bits per heavy atom. The number of anilines is 1. The van der Waals surface area contributed by atoms with Gasteiger partial charge in [0.25, 0.3) is 11.8 Å². The summed E-state index contributed by atoms with van der Waals surface area (Å²) in [6.45, 7) is 0.128. The van der Waals surface area contributed by atoms with Crippen LogP contribution in [0.15, 0.2) is 58.6 Å². The number of nitrogens with zero attached hydrogens (tertiary/aromatic N) is 2. The Kier molecular flexibility index (Phi) is 8.10. The Hall–Kier alpha value is -3.28. The van der Waals surface area contributed by atoms with Crippen LogP contribution >= 0.6 is 39.1 Å². The quantitative estimate of drug-likeness (QED) is 0.159. The summed E-state index contributed by atoms with van der Waals surface area (Å²) in [7, 11) is 0. The van der Waals surface area contributed by atoms with E-state index >= 15 is 0 Å². The standard InChI is InChI=1S/C32H28BrCl2FN2O7/c33-16-5-12-23(39)21(14-16)26-19-10-11-20-25(28(43)37(27(20)42)13-3-1-2-4-24(40)41)22(19)15-31(34)29(44)38(30(45)32(26,31)35)18-8-6-17(36)7-9-18/h5-10,12,14,20,22,25-26,39H,1-4,11,13,15H2,(H,40,41)/t20-,22+,25-,26+,31+,32-/m0/s1. The number of hydrogen-bond acceptors (Lipinski definition) is 6. The van der Waals surface area contributed by atoms with Crippen molar-refractivity contribution in [2.45, 2.75) is 54.2 Å². The van der Waals surface area contributed by atoms with Gasteiger partial charge in [-0.15, -0.1) is 23.2 Å². The zero-order valence-electron chi connectivity index (χ0n) is 23.7. The third-order valence-corrected chi connectivity index (χ3v) is 11.5. The summed E-state index contributed by atoms with van der Waals surface area (Å²) in [6.07, 6.45) is 3.08. The van der Waals surface area contributed by atoms with E-state index in [0.717, 1.165) is 17.0 Å². The number of aliphatic carboxylic acids is 1. The molecule has 6 atom stereocenters. The number of unbranched alkanes of at least 4 members (excludes halogenated alkanes) is 2. The second-order valence-electron chi connectivity index (χ2n) is 12.0. The predicted molar refractivity (Wildman–Crippen MR) is 165 cm³/mol. The van der Waals surface area contributed by atoms with Gasteiger partial charge in [0.05, 0.1) is 17.5 Å². The SMILES string of the molecule is O=C(O)CCCCCN1C(=O)[C@H]2[C@H](CC=C3[C@H]2C[C@@]2(Cl)C(=O)N(c4ccc(F)cc4)C(=O)[C@@]2(Cl)[C@H]3c2cc(Br)ccc2O)C1=O. The van der Waals surface area contributed by atoms with Crippen molar-refractivity contribution in [3.63, 3.8) is 0 Å². The first-order valence-corrected chi connectivity index (χ1v) is 16.1. The second kappa shape index (κ2) is 11.5. The van der Waals surface area contributed by atoms with E-state index in [-0.39, 0.29) is 48.7 Å². The molecular formula is C32H28BrCl2FN2O7. The normalized spacial score (nSPS) is 30.7. The van der Waals surface area contributed by atoms with E-state index in [1.54, 1.807) is 18.2 Å². The van der Waals surface area contributed by atoms with Crippen LogP contribution in [-0.4, -0.2) is 61.0 Å². The van der Waals surface area contributed by atoms with E-state index in [9.17, 15) is 33.5 Å². The summed E-state index contributed by atoms with van der Waals surface area (Å²) in [5.41, 5.74) is 0.810. The number of fused-ring (bicyclic) bond motifs is 4. The van der Waals surface area contributed by atoms with Crippen LogP contribution < -0.4 is 4.90 Å². The average Bonchev–Trinajstić information content (AvgIpc) is 3.32. The zero-order chi connectivity index (χ0) is 32.4. The van der Waals surface area contributed by atoms with Gasteiger partial charge in [0.15, 0.2) is 9.75 Å². The molecule has 4 amide bonds. The van der Waals surface area contributed by atoms with Gasteiger partial charge in [0.2, 0.25) is 11.8 Å². The molecule has 2 aromatic carbocycles. The van der Waals surface area contributed by atoms with Gasteiger partial charge in [0, 0.05) is 28.9 Å². The molecule has 2 aliphatic carbocycles. The molecule has 0 aromatic heterocycles. The first-order valence-electron chi connectivity index (χ1n) is 14.6. The van der Waals surface area contributed by atoms with Crippen molar-refractivity contribution < 1.29 is 38.6 Å². The first kappa shape index (κ1) is 31.7. The molecule has 6 rings (SSSR count). The highest BCUT2D eigenvalue weighted by atomic mass is 79.9. The molecule has 236 valence electrons.